The molecule has 0 atom stereocenters. The molecular formula is C12H15NO3S. The molecule has 0 unspecified atom stereocenters. The Kier molecular flexibility index (Phi) is 3.91. The Morgan fingerprint density at radius 2 is 2.12 bits per heavy atom. The number of carbonyl (C=O) groups excluding carboxylic acids is 1. The predicted octanol–water partition coefficient (Wildman–Crippen LogP) is 1.46. The zero-order valence-corrected chi connectivity index (χ0v) is 10.6. The first-order valence-corrected chi connectivity index (χ1v) is 5.91. The zero-order valence-electron chi connectivity index (χ0n) is 9.68. The van der Waals surface area contributed by atoms with Gasteiger partial charge >= 0.3 is 0 Å². The molecule has 1 amide bonds. The normalized spacial score (nSPS) is 15.8. The van der Waals surface area contributed by atoms with Crippen molar-refractivity contribution in [1.82, 2.24) is 4.90 Å². The number of nitrogens with zero attached hydrogens (tertiary/aromatic N) is 1. The standard InChI is InChI=1S/C12H15NO3S/c1-15-10-3-2-9(8-11(10)17)12(14)13-4-6-16-7-5-13/h2-3,8,17H,4-7H2,1H3. The minimum absolute atomic E-state index is 0.0197. The molecule has 0 aliphatic carbocycles. The molecule has 1 heterocycles. The van der Waals surface area contributed by atoms with Gasteiger partial charge in [-0.1, -0.05) is 0 Å². The second-order valence-corrected chi connectivity index (χ2v) is 4.27. The molecule has 1 fully saturated rings. The number of thiol groups is 1. The third-order valence-electron chi connectivity index (χ3n) is 2.72. The number of hydrogen-bond acceptors (Lipinski definition) is 4. The van der Waals surface area contributed by atoms with E-state index in [2.05, 4.69) is 12.6 Å². The summed E-state index contributed by atoms with van der Waals surface area (Å²) in [6.45, 7) is 2.50. The van der Waals surface area contributed by atoms with Crippen molar-refractivity contribution in [3.05, 3.63) is 23.8 Å². The Hall–Kier alpha value is -1.20. The molecule has 0 spiro atoms. The van der Waals surface area contributed by atoms with Gasteiger partial charge in [-0.25, -0.2) is 0 Å². The van der Waals surface area contributed by atoms with Gasteiger partial charge < -0.3 is 14.4 Å². The van der Waals surface area contributed by atoms with Crippen molar-refractivity contribution in [3.8, 4) is 5.75 Å². The number of carbonyl (C=O) groups is 1. The van der Waals surface area contributed by atoms with Gasteiger partial charge in [-0.15, -0.1) is 12.6 Å². The molecule has 1 saturated heterocycles. The Bertz CT molecular complexity index is 416. The SMILES string of the molecule is COc1ccc(C(=O)N2CCOCC2)cc1S. The smallest absolute Gasteiger partial charge is 0.254 e. The molecule has 17 heavy (non-hydrogen) atoms. The molecule has 0 bridgehead atoms. The van der Waals surface area contributed by atoms with Gasteiger partial charge in [-0.3, -0.25) is 4.79 Å². The van der Waals surface area contributed by atoms with Crippen molar-refractivity contribution >= 4 is 18.5 Å². The molecule has 4 nitrogen and oxygen atoms in total. The summed E-state index contributed by atoms with van der Waals surface area (Å²) in [7, 11) is 1.58. The second kappa shape index (κ2) is 5.42. The average Bonchev–Trinajstić information content (AvgIpc) is 2.39. The summed E-state index contributed by atoms with van der Waals surface area (Å²) in [5.74, 6) is 0.693. The third kappa shape index (κ3) is 2.73. The predicted molar refractivity (Wildman–Crippen MR) is 67.0 cm³/mol. The molecule has 5 heteroatoms. The van der Waals surface area contributed by atoms with Gasteiger partial charge in [0.15, 0.2) is 0 Å². The lowest BCUT2D eigenvalue weighted by Crippen LogP contribution is -2.40. The van der Waals surface area contributed by atoms with E-state index in [0.29, 0.717) is 42.5 Å². The summed E-state index contributed by atoms with van der Waals surface area (Å²) in [5, 5.41) is 0. The quantitative estimate of drug-likeness (QED) is 0.811. The van der Waals surface area contributed by atoms with Crippen LogP contribution in [0.2, 0.25) is 0 Å². The van der Waals surface area contributed by atoms with E-state index < -0.39 is 0 Å². The van der Waals surface area contributed by atoms with Crippen LogP contribution in [0.3, 0.4) is 0 Å². The maximum absolute atomic E-state index is 12.1. The lowest BCUT2D eigenvalue weighted by molar-refractivity contribution is 0.0302. The molecule has 0 radical (unpaired) electrons. The van der Waals surface area contributed by atoms with E-state index in [1.807, 2.05) is 0 Å². The van der Waals surface area contributed by atoms with Crippen LogP contribution in [0.1, 0.15) is 10.4 Å². The summed E-state index contributed by atoms with van der Waals surface area (Å²) < 4.78 is 10.3. The molecule has 1 aromatic carbocycles. The van der Waals surface area contributed by atoms with Crippen molar-refractivity contribution in [3.63, 3.8) is 0 Å². The minimum atomic E-state index is 0.0197. The van der Waals surface area contributed by atoms with Crippen molar-refractivity contribution in [2.24, 2.45) is 0 Å². The highest BCUT2D eigenvalue weighted by atomic mass is 32.1. The van der Waals surface area contributed by atoms with Gasteiger partial charge in [0.05, 0.1) is 20.3 Å². The van der Waals surface area contributed by atoms with Gasteiger partial charge in [-0.2, -0.15) is 0 Å². The lowest BCUT2D eigenvalue weighted by Gasteiger charge is -2.27. The number of methoxy groups -OCH3 is 1. The molecule has 92 valence electrons. The van der Waals surface area contributed by atoms with Crippen LogP contribution in [-0.4, -0.2) is 44.2 Å². The van der Waals surface area contributed by atoms with Gasteiger partial charge in [0, 0.05) is 23.5 Å². The van der Waals surface area contributed by atoms with Crippen LogP contribution in [0, 0.1) is 0 Å². The lowest BCUT2D eigenvalue weighted by atomic mass is 10.2. The number of amides is 1. The van der Waals surface area contributed by atoms with Crippen LogP contribution in [0.5, 0.6) is 5.75 Å². The first-order chi connectivity index (χ1) is 8.22. The summed E-state index contributed by atoms with van der Waals surface area (Å²) in [6.07, 6.45) is 0. The average molecular weight is 253 g/mol. The van der Waals surface area contributed by atoms with E-state index >= 15 is 0 Å². The van der Waals surface area contributed by atoms with Gasteiger partial charge in [-0.05, 0) is 18.2 Å². The Labute approximate surface area is 106 Å². The van der Waals surface area contributed by atoms with E-state index in [1.54, 1.807) is 30.2 Å². The molecular weight excluding hydrogens is 238 g/mol. The first kappa shape index (κ1) is 12.3. The highest BCUT2D eigenvalue weighted by Crippen LogP contribution is 2.24. The summed E-state index contributed by atoms with van der Waals surface area (Å²) in [4.78, 5) is 14.6. The molecule has 0 aromatic heterocycles. The Morgan fingerprint density at radius 1 is 1.41 bits per heavy atom. The van der Waals surface area contributed by atoms with Crippen molar-refractivity contribution in [2.75, 3.05) is 33.4 Å². The van der Waals surface area contributed by atoms with E-state index in [9.17, 15) is 4.79 Å². The van der Waals surface area contributed by atoms with E-state index in [0.717, 1.165) is 0 Å². The number of hydrogen-bond donors (Lipinski definition) is 1. The van der Waals surface area contributed by atoms with Crippen LogP contribution in [-0.2, 0) is 4.74 Å². The summed E-state index contributed by atoms with van der Waals surface area (Å²) in [6, 6.07) is 5.26. The molecule has 2 rings (SSSR count). The van der Waals surface area contributed by atoms with Crippen LogP contribution >= 0.6 is 12.6 Å². The van der Waals surface area contributed by atoms with E-state index in [4.69, 9.17) is 9.47 Å². The topological polar surface area (TPSA) is 38.8 Å². The fraction of sp³-hybridized carbons (Fsp3) is 0.417. The van der Waals surface area contributed by atoms with Crippen LogP contribution in [0.4, 0.5) is 0 Å². The first-order valence-electron chi connectivity index (χ1n) is 5.46. The van der Waals surface area contributed by atoms with Crippen molar-refractivity contribution < 1.29 is 14.3 Å². The minimum Gasteiger partial charge on any atom is -0.496 e. The van der Waals surface area contributed by atoms with E-state index in [-0.39, 0.29) is 5.91 Å². The van der Waals surface area contributed by atoms with Gasteiger partial charge in [0.2, 0.25) is 0 Å². The van der Waals surface area contributed by atoms with Gasteiger partial charge in [0.1, 0.15) is 5.75 Å². The largest absolute Gasteiger partial charge is 0.496 e. The zero-order chi connectivity index (χ0) is 12.3. The highest BCUT2D eigenvalue weighted by Gasteiger charge is 2.18. The molecule has 0 saturated carbocycles. The second-order valence-electron chi connectivity index (χ2n) is 3.79. The highest BCUT2D eigenvalue weighted by molar-refractivity contribution is 7.80. The van der Waals surface area contributed by atoms with Crippen molar-refractivity contribution in [1.29, 1.82) is 0 Å². The summed E-state index contributed by atoms with van der Waals surface area (Å²) >= 11 is 4.29. The Morgan fingerprint density at radius 3 is 2.71 bits per heavy atom. The maximum atomic E-state index is 12.1. The fourth-order valence-electron chi connectivity index (χ4n) is 1.77. The van der Waals surface area contributed by atoms with Crippen molar-refractivity contribution in [2.45, 2.75) is 4.90 Å². The number of morpholine rings is 1. The molecule has 1 aliphatic heterocycles. The monoisotopic (exact) mass is 253 g/mol. The molecule has 1 aliphatic rings. The third-order valence-corrected chi connectivity index (χ3v) is 3.07. The molecule has 0 N–H and O–H groups in total. The summed E-state index contributed by atoms with van der Waals surface area (Å²) in [5.41, 5.74) is 0.637. The van der Waals surface area contributed by atoms with E-state index in [1.165, 1.54) is 0 Å². The van der Waals surface area contributed by atoms with Crippen LogP contribution in [0.15, 0.2) is 23.1 Å². The maximum Gasteiger partial charge on any atom is 0.254 e. The Balaban J connectivity index is 2.16. The van der Waals surface area contributed by atoms with Crippen LogP contribution in [0.25, 0.3) is 0 Å². The van der Waals surface area contributed by atoms with Crippen LogP contribution < -0.4 is 4.74 Å². The van der Waals surface area contributed by atoms with Gasteiger partial charge in [0.25, 0.3) is 5.91 Å². The number of benzene rings is 1. The number of rotatable bonds is 2. The molecule has 1 aromatic rings. The number of ether oxygens (including phenoxy) is 2. The fourth-order valence-corrected chi connectivity index (χ4v) is 2.08.